The molecule has 0 bridgehead atoms. The molecule has 1 N–H and O–H groups in total. The average molecular weight is 481 g/mol. The van der Waals surface area contributed by atoms with Gasteiger partial charge in [-0.25, -0.2) is 0 Å². The summed E-state index contributed by atoms with van der Waals surface area (Å²) in [5.74, 6) is 0.468. The monoisotopic (exact) mass is 480 g/mol. The fourth-order valence-corrected chi connectivity index (χ4v) is 5.89. The molecule has 6 nitrogen and oxygen atoms in total. The van der Waals surface area contributed by atoms with Crippen molar-refractivity contribution < 1.29 is 9.59 Å². The standard InChI is InChI=1S/C27H36N4O2S/c1-30(23-10-3-2-4-11-23)26(32)20-34-25-13-6-5-12-24(25)27(33)29-21-14-17-31(18-15-21)19-22-9-7-8-16-28-22/h5-9,12-13,16,21,23H,2-4,10-11,14-15,17-20H2,1H3,(H,29,33). The van der Waals surface area contributed by atoms with Crippen molar-refractivity contribution >= 4 is 23.6 Å². The highest BCUT2D eigenvalue weighted by Crippen LogP contribution is 2.26. The molecule has 7 heteroatoms. The van der Waals surface area contributed by atoms with E-state index in [9.17, 15) is 9.59 Å². The van der Waals surface area contributed by atoms with Crippen LogP contribution in [0.5, 0.6) is 0 Å². The van der Waals surface area contributed by atoms with Gasteiger partial charge in [0.1, 0.15) is 0 Å². The molecule has 182 valence electrons. The molecule has 0 unspecified atom stereocenters. The number of nitrogens with zero attached hydrogens (tertiary/aromatic N) is 3. The Morgan fingerprint density at radius 2 is 1.76 bits per heavy atom. The van der Waals surface area contributed by atoms with Crippen LogP contribution in [0, 0.1) is 0 Å². The second kappa shape index (κ2) is 12.4. The lowest BCUT2D eigenvalue weighted by Gasteiger charge is -2.32. The van der Waals surface area contributed by atoms with E-state index in [0.717, 1.165) is 55.9 Å². The minimum Gasteiger partial charge on any atom is -0.349 e. The maximum Gasteiger partial charge on any atom is 0.252 e. The Morgan fingerprint density at radius 3 is 2.50 bits per heavy atom. The molecule has 1 aliphatic heterocycles. The Kier molecular flexibility index (Phi) is 8.99. The number of aromatic nitrogens is 1. The van der Waals surface area contributed by atoms with Crippen LogP contribution in [-0.4, -0.2) is 64.6 Å². The number of piperidine rings is 1. The quantitative estimate of drug-likeness (QED) is 0.569. The SMILES string of the molecule is CN(C(=O)CSc1ccccc1C(=O)NC1CCN(Cc2ccccn2)CC1)C1CCCCC1. The second-order valence-corrected chi connectivity index (χ2v) is 10.4. The van der Waals surface area contributed by atoms with Crippen molar-refractivity contribution in [2.45, 2.75) is 68.5 Å². The predicted octanol–water partition coefficient (Wildman–Crippen LogP) is 4.36. The largest absolute Gasteiger partial charge is 0.349 e. The van der Waals surface area contributed by atoms with E-state index in [2.05, 4.69) is 21.3 Å². The molecule has 2 amide bonds. The number of carbonyl (C=O) groups excluding carboxylic acids is 2. The van der Waals surface area contributed by atoms with Crippen LogP contribution in [0.2, 0.25) is 0 Å². The molecule has 0 spiro atoms. The molecule has 0 atom stereocenters. The number of pyridine rings is 1. The molecular weight excluding hydrogens is 444 g/mol. The van der Waals surface area contributed by atoms with Gasteiger partial charge >= 0.3 is 0 Å². The van der Waals surface area contributed by atoms with Crippen molar-refractivity contribution in [2.24, 2.45) is 0 Å². The van der Waals surface area contributed by atoms with Gasteiger partial charge in [0.05, 0.1) is 17.0 Å². The highest BCUT2D eigenvalue weighted by Gasteiger charge is 2.24. The van der Waals surface area contributed by atoms with Crippen molar-refractivity contribution in [3.05, 3.63) is 59.9 Å². The first-order valence-electron chi connectivity index (χ1n) is 12.5. The first-order chi connectivity index (χ1) is 16.6. The number of benzene rings is 1. The lowest BCUT2D eigenvalue weighted by atomic mass is 9.94. The minimum atomic E-state index is -0.0423. The van der Waals surface area contributed by atoms with Crippen molar-refractivity contribution in [2.75, 3.05) is 25.9 Å². The number of hydrogen-bond acceptors (Lipinski definition) is 5. The van der Waals surface area contributed by atoms with E-state index in [4.69, 9.17) is 0 Å². The molecule has 1 aromatic heterocycles. The van der Waals surface area contributed by atoms with Crippen LogP contribution in [0.25, 0.3) is 0 Å². The lowest BCUT2D eigenvalue weighted by molar-refractivity contribution is -0.129. The summed E-state index contributed by atoms with van der Waals surface area (Å²) >= 11 is 1.47. The third-order valence-corrected chi connectivity index (χ3v) is 8.09. The maximum absolute atomic E-state index is 13.1. The van der Waals surface area contributed by atoms with E-state index in [1.165, 1.54) is 31.0 Å². The summed E-state index contributed by atoms with van der Waals surface area (Å²) in [7, 11) is 1.93. The highest BCUT2D eigenvalue weighted by atomic mass is 32.2. The van der Waals surface area contributed by atoms with E-state index < -0.39 is 0 Å². The fraction of sp³-hybridized carbons (Fsp3) is 0.519. The van der Waals surface area contributed by atoms with Gasteiger partial charge in [-0.3, -0.25) is 19.5 Å². The summed E-state index contributed by atoms with van der Waals surface area (Å²) in [6.07, 6.45) is 9.59. The number of rotatable bonds is 8. The molecule has 2 aromatic rings. The molecule has 1 saturated carbocycles. The van der Waals surface area contributed by atoms with Crippen LogP contribution < -0.4 is 5.32 Å². The normalized spacial score (nSPS) is 17.9. The third kappa shape index (κ3) is 6.83. The van der Waals surface area contributed by atoms with Gasteiger partial charge in [-0.15, -0.1) is 11.8 Å². The van der Waals surface area contributed by atoms with Gasteiger partial charge in [-0.1, -0.05) is 37.5 Å². The molecule has 2 heterocycles. The van der Waals surface area contributed by atoms with Gasteiger partial charge in [0.2, 0.25) is 5.91 Å². The van der Waals surface area contributed by atoms with E-state index in [1.54, 1.807) is 0 Å². The van der Waals surface area contributed by atoms with Gasteiger partial charge in [0.15, 0.2) is 0 Å². The van der Waals surface area contributed by atoms with E-state index >= 15 is 0 Å². The molecule has 1 aromatic carbocycles. The van der Waals surface area contributed by atoms with Gasteiger partial charge in [0.25, 0.3) is 5.91 Å². The van der Waals surface area contributed by atoms with Crippen LogP contribution in [0.3, 0.4) is 0 Å². The summed E-state index contributed by atoms with van der Waals surface area (Å²) in [5, 5.41) is 3.23. The van der Waals surface area contributed by atoms with Gasteiger partial charge < -0.3 is 10.2 Å². The lowest BCUT2D eigenvalue weighted by Crippen LogP contribution is -2.44. The second-order valence-electron chi connectivity index (χ2n) is 9.43. The van der Waals surface area contributed by atoms with Crippen molar-refractivity contribution in [3.63, 3.8) is 0 Å². The number of likely N-dealkylation sites (tertiary alicyclic amines) is 1. The third-order valence-electron chi connectivity index (χ3n) is 7.03. The minimum absolute atomic E-state index is 0.0423. The number of nitrogens with one attached hydrogen (secondary N) is 1. The highest BCUT2D eigenvalue weighted by molar-refractivity contribution is 8.00. The number of carbonyl (C=O) groups is 2. The average Bonchev–Trinajstić information content (AvgIpc) is 2.89. The van der Waals surface area contributed by atoms with Crippen LogP contribution in [0.4, 0.5) is 0 Å². The Balaban J connectivity index is 1.26. The predicted molar refractivity (Wildman–Crippen MR) is 137 cm³/mol. The number of hydrogen-bond donors (Lipinski definition) is 1. The zero-order valence-electron chi connectivity index (χ0n) is 20.1. The fourth-order valence-electron chi connectivity index (χ4n) is 4.91. The van der Waals surface area contributed by atoms with Crippen LogP contribution in [-0.2, 0) is 11.3 Å². The van der Waals surface area contributed by atoms with Crippen LogP contribution >= 0.6 is 11.8 Å². The summed E-state index contributed by atoms with van der Waals surface area (Å²) < 4.78 is 0. The van der Waals surface area contributed by atoms with Gasteiger partial charge in [0, 0.05) is 49.9 Å². The summed E-state index contributed by atoms with van der Waals surface area (Å²) in [6, 6.07) is 14.2. The molecule has 2 fully saturated rings. The van der Waals surface area contributed by atoms with Crippen molar-refractivity contribution in [1.82, 2.24) is 20.1 Å². The summed E-state index contributed by atoms with van der Waals surface area (Å²) in [6.45, 7) is 2.74. The van der Waals surface area contributed by atoms with E-state index in [1.807, 2.05) is 54.5 Å². The smallest absolute Gasteiger partial charge is 0.252 e. The van der Waals surface area contributed by atoms with E-state index in [0.29, 0.717) is 17.4 Å². The molecule has 2 aliphatic rings. The van der Waals surface area contributed by atoms with Gasteiger partial charge in [-0.05, 0) is 49.9 Å². The summed E-state index contributed by atoms with van der Waals surface area (Å²) in [5.41, 5.74) is 1.75. The molecule has 1 aliphatic carbocycles. The molecule has 34 heavy (non-hydrogen) atoms. The molecule has 0 radical (unpaired) electrons. The van der Waals surface area contributed by atoms with Gasteiger partial charge in [-0.2, -0.15) is 0 Å². The first-order valence-corrected chi connectivity index (χ1v) is 13.5. The topological polar surface area (TPSA) is 65.5 Å². The zero-order chi connectivity index (χ0) is 23.8. The van der Waals surface area contributed by atoms with Crippen LogP contribution in [0.1, 0.15) is 61.0 Å². The molecular formula is C27H36N4O2S. The Labute approximate surface area is 207 Å². The Bertz CT molecular complexity index is 941. The van der Waals surface area contributed by atoms with Crippen molar-refractivity contribution in [1.29, 1.82) is 0 Å². The number of thioether (sulfide) groups is 1. The Hall–Kier alpha value is -2.38. The molecule has 4 rings (SSSR count). The Morgan fingerprint density at radius 1 is 1.03 bits per heavy atom. The van der Waals surface area contributed by atoms with Crippen LogP contribution in [0.15, 0.2) is 53.6 Å². The van der Waals surface area contributed by atoms with E-state index in [-0.39, 0.29) is 17.9 Å². The molecule has 1 saturated heterocycles. The maximum atomic E-state index is 13.1. The number of amides is 2. The van der Waals surface area contributed by atoms with Crippen molar-refractivity contribution in [3.8, 4) is 0 Å². The zero-order valence-corrected chi connectivity index (χ0v) is 20.9. The summed E-state index contributed by atoms with van der Waals surface area (Å²) in [4.78, 5) is 35.5. The first kappa shape index (κ1) is 24.7.